The number of furan rings is 1. The fourth-order valence-electron chi connectivity index (χ4n) is 2.39. The molecule has 0 saturated heterocycles. The maximum Gasteiger partial charge on any atom is 0.193 e. The number of hydrogen-bond acceptors (Lipinski definition) is 3. The monoisotopic (exact) mass is 307 g/mol. The van der Waals surface area contributed by atoms with Gasteiger partial charge < -0.3 is 14.5 Å². The van der Waals surface area contributed by atoms with Crippen LogP contribution in [-0.4, -0.2) is 13.7 Å². The molecule has 0 fully saturated rings. The van der Waals surface area contributed by atoms with E-state index >= 15 is 0 Å². The number of ether oxygens (including phenoxy) is 1. The van der Waals surface area contributed by atoms with Gasteiger partial charge in [-0.25, -0.2) is 0 Å². The van der Waals surface area contributed by atoms with E-state index in [0.717, 1.165) is 30.9 Å². The lowest BCUT2D eigenvalue weighted by Crippen LogP contribution is -2.24. The fourth-order valence-corrected chi connectivity index (χ4v) is 2.55. The van der Waals surface area contributed by atoms with Gasteiger partial charge in [0.05, 0.1) is 13.2 Å². The lowest BCUT2D eigenvalue weighted by atomic mass is 10.0. The first kappa shape index (κ1) is 15.9. The summed E-state index contributed by atoms with van der Waals surface area (Å²) in [7, 11) is 1.70. The number of halogens is 1. The molecule has 1 heterocycles. The Hall–Kier alpha value is -1.45. The zero-order chi connectivity index (χ0) is 15.2. The molecule has 1 atom stereocenters. The van der Waals surface area contributed by atoms with Crippen molar-refractivity contribution in [3.8, 4) is 5.75 Å². The Balaban J connectivity index is 2.24. The molecule has 1 aromatic carbocycles. The van der Waals surface area contributed by atoms with Gasteiger partial charge in [-0.15, -0.1) is 0 Å². The van der Waals surface area contributed by atoms with E-state index in [4.69, 9.17) is 20.8 Å². The smallest absolute Gasteiger partial charge is 0.193 e. The van der Waals surface area contributed by atoms with Crippen LogP contribution < -0.4 is 10.1 Å². The van der Waals surface area contributed by atoms with E-state index in [1.807, 2.05) is 12.1 Å². The fraction of sp³-hybridized carbons (Fsp3) is 0.412. The van der Waals surface area contributed by atoms with Gasteiger partial charge in [-0.1, -0.05) is 24.6 Å². The van der Waals surface area contributed by atoms with Crippen LogP contribution in [0.5, 0.6) is 5.75 Å². The Labute approximate surface area is 131 Å². The Bertz CT molecular complexity index is 580. The highest BCUT2D eigenvalue weighted by Crippen LogP contribution is 2.28. The second-order valence-electron chi connectivity index (χ2n) is 5.17. The van der Waals surface area contributed by atoms with Gasteiger partial charge in [-0.2, -0.15) is 0 Å². The van der Waals surface area contributed by atoms with Crippen LogP contribution in [0.3, 0.4) is 0 Å². The Morgan fingerprint density at radius 1 is 1.29 bits per heavy atom. The average molecular weight is 308 g/mol. The van der Waals surface area contributed by atoms with E-state index in [-0.39, 0.29) is 6.04 Å². The average Bonchev–Trinajstić information content (AvgIpc) is 2.90. The molecule has 114 valence electrons. The summed E-state index contributed by atoms with van der Waals surface area (Å²) >= 11 is 5.91. The molecule has 0 amide bonds. The van der Waals surface area contributed by atoms with Gasteiger partial charge in [0.2, 0.25) is 0 Å². The van der Waals surface area contributed by atoms with Crippen molar-refractivity contribution >= 4 is 11.6 Å². The highest BCUT2D eigenvalue weighted by atomic mass is 35.5. The summed E-state index contributed by atoms with van der Waals surface area (Å²) in [6.45, 7) is 5.16. The quantitative estimate of drug-likeness (QED) is 0.816. The standard InChI is InChI=1S/C17H22ClNO2/c1-4-9-19-14(16-7-8-17(18)21-16)11-13-10-12(2)5-6-15(13)20-3/h5-8,10,14,19H,4,9,11H2,1-3H3. The molecule has 1 N–H and O–H groups in total. The predicted octanol–water partition coefficient (Wildman–Crippen LogP) is 4.53. The minimum Gasteiger partial charge on any atom is -0.496 e. The van der Waals surface area contributed by atoms with Gasteiger partial charge in [0, 0.05) is 0 Å². The van der Waals surface area contributed by atoms with Crippen molar-refractivity contribution in [2.24, 2.45) is 0 Å². The third-order valence-electron chi connectivity index (χ3n) is 3.44. The van der Waals surface area contributed by atoms with Gasteiger partial charge >= 0.3 is 0 Å². The molecule has 4 heteroatoms. The van der Waals surface area contributed by atoms with E-state index in [0.29, 0.717) is 5.22 Å². The van der Waals surface area contributed by atoms with Crippen molar-refractivity contribution in [2.75, 3.05) is 13.7 Å². The number of aryl methyl sites for hydroxylation is 1. The van der Waals surface area contributed by atoms with E-state index < -0.39 is 0 Å². The third kappa shape index (κ3) is 4.26. The molecule has 0 saturated carbocycles. The topological polar surface area (TPSA) is 34.4 Å². The molecule has 0 radical (unpaired) electrons. The molecular formula is C17H22ClNO2. The molecule has 0 aliphatic carbocycles. The molecule has 3 nitrogen and oxygen atoms in total. The lowest BCUT2D eigenvalue weighted by molar-refractivity contribution is 0.390. The summed E-state index contributed by atoms with van der Waals surface area (Å²) < 4.78 is 11.0. The van der Waals surface area contributed by atoms with Gasteiger partial charge in [-0.3, -0.25) is 0 Å². The van der Waals surface area contributed by atoms with Crippen molar-refractivity contribution in [1.29, 1.82) is 0 Å². The Kier molecular flexibility index (Phi) is 5.71. The summed E-state index contributed by atoms with van der Waals surface area (Å²) in [4.78, 5) is 0. The van der Waals surface area contributed by atoms with Crippen LogP contribution >= 0.6 is 11.6 Å². The SMILES string of the molecule is CCCNC(Cc1cc(C)ccc1OC)c1ccc(Cl)o1. The van der Waals surface area contributed by atoms with Crippen LogP contribution in [0.4, 0.5) is 0 Å². The molecule has 0 aliphatic rings. The zero-order valence-electron chi connectivity index (χ0n) is 12.8. The minimum atomic E-state index is 0.0909. The largest absolute Gasteiger partial charge is 0.496 e. The summed E-state index contributed by atoms with van der Waals surface area (Å²) in [5.74, 6) is 1.76. The van der Waals surface area contributed by atoms with Crippen LogP contribution in [0, 0.1) is 6.92 Å². The second kappa shape index (κ2) is 7.53. The number of hydrogen-bond donors (Lipinski definition) is 1. The van der Waals surface area contributed by atoms with Crippen molar-refractivity contribution in [3.05, 3.63) is 52.4 Å². The third-order valence-corrected chi connectivity index (χ3v) is 3.64. The van der Waals surface area contributed by atoms with Crippen LogP contribution in [0.15, 0.2) is 34.7 Å². The molecule has 2 rings (SSSR count). The summed E-state index contributed by atoms with van der Waals surface area (Å²) in [6, 6.07) is 10.0. The normalized spacial score (nSPS) is 12.4. The summed E-state index contributed by atoms with van der Waals surface area (Å²) in [5.41, 5.74) is 2.39. The van der Waals surface area contributed by atoms with Gasteiger partial charge in [0.25, 0.3) is 0 Å². The first-order valence-corrected chi connectivity index (χ1v) is 7.64. The molecular weight excluding hydrogens is 286 g/mol. The molecule has 0 aliphatic heterocycles. The molecule has 1 aromatic heterocycles. The van der Waals surface area contributed by atoms with Crippen LogP contribution in [0.1, 0.15) is 36.3 Å². The maximum atomic E-state index is 5.91. The van der Waals surface area contributed by atoms with Crippen molar-refractivity contribution in [1.82, 2.24) is 5.32 Å². The molecule has 0 bridgehead atoms. The van der Waals surface area contributed by atoms with E-state index in [1.54, 1.807) is 13.2 Å². The number of methoxy groups -OCH3 is 1. The highest BCUT2D eigenvalue weighted by molar-refractivity contribution is 6.28. The molecule has 1 unspecified atom stereocenters. The van der Waals surface area contributed by atoms with Gasteiger partial charge in [0.15, 0.2) is 5.22 Å². The van der Waals surface area contributed by atoms with Crippen molar-refractivity contribution in [2.45, 2.75) is 32.7 Å². The summed E-state index contributed by atoms with van der Waals surface area (Å²) in [6.07, 6.45) is 1.87. The van der Waals surface area contributed by atoms with Crippen LogP contribution in [0.25, 0.3) is 0 Å². The molecule has 0 spiro atoms. The second-order valence-corrected chi connectivity index (χ2v) is 5.54. The number of rotatable bonds is 7. The number of nitrogens with one attached hydrogen (secondary N) is 1. The maximum absolute atomic E-state index is 5.91. The van der Waals surface area contributed by atoms with Crippen LogP contribution in [-0.2, 0) is 6.42 Å². The van der Waals surface area contributed by atoms with Crippen molar-refractivity contribution < 1.29 is 9.15 Å². The first-order chi connectivity index (χ1) is 10.1. The number of benzene rings is 1. The highest BCUT2D eigenvalue weighted by Gasteiger charge is 2.17. The Morgan fingerprint density at radius 3 is 2.71 bits per heavy atom. The minimum absolute atomic E-state index is 0.0909. The Morgan fingerprint density at radius 2 is 2.10 bits per heavy atom. The first-order valence-electron chi connectivity index (χ1n) is 7.26. The lowest BCUT2D eigenvalue weighted by Gasteiger charge is -2.18. The van der Waals surface area contributed by atoms with Gasteiger partial charge in [0.1, 0.15) is 11.5 Å². The molecule has 2 aromatic rings. The van der Waals surface area contributed by atoms with Gasteiger partial charge in [-0.05, 0) is 61.7 Å². The molecule has 21 heavy (non-hydrogen) atoms. The van der Waals surface area contributed by atoms with Crippen LogP contribution in [0.2, 0.25) is 5.22 Å². The predicted molar refractivity (Wildman–Crippen MR) is 86.2 cm³/mol. The van der Waals surface area contributed by atoms with E-state index in [1.165, 1.54) is 11.1 Å². The van der Waals surface area contributed by atoms with Crippen molar-refractivity contribution in [3.63, 3.8) is 0 Å². The van der Waals surface area contributed by atoms with E-state index in [2.05, 4.69) is 31.3 Å². The zero-order valence-corrected chi connectivity index (χ0v) is 13.5. The van der Waals surface area contributed by atoms with E-state index in [9.17, 15) is 0 Å². The summed E-state index contributed by atoms with van der Waals surface area (Å²) in [5, 5.41) is 3.93.